The molecule has 1 fully saturated rings. The Kier molecular flexibility index (Phi) is 4.51. The van der Waals surface area contributed by atoms with Crippen LogP contribution in [0.5, 0.6) is 0 Å². The Morgan fingerprint density at radius 2 is 2.11 bits per heavy atom. The normalized spacial score (nSPS) is 17.8. The third-order valence-corrected chi connectivity index (χ3v) is 4.95. The van der Waals surface area contributed by atoms with Crippen molar-refractivity contribution < 1.29 is 9.59 Å². The van der Waals surface area contributed by atoms with Crippen LogP contribution in [0, 0.1) is 5.92 Å². The highest BCUT2D eigenvalue weighted by Crippen LogP contribution is 2.39. The van der Waals surface area contributed by atoms with Gasteiger partial charge in [0.2, 0.25) is 0 Å². The predicted molar refractivity (Wildman–Crippen MR) is 104 cm³/mol. The third kappa shape index (κ3) is 3.37. The van der Waals surface area contributed by atoms with Crippen molar-refractivity contribution in [2.75, 3.05) is 28.2 Å². The van der Waals surface area contributed by atoms with Gasteiger partial charge in [-0.1, -0.05) is 19.9 Å². The van der Waals surface area contributed by atoms with Crippen LogP contribution in [0.25, 0.3) is 0 Å². The summed E-state index contributed by atoms with van der Waals surface area (Å²) >= 11 is 0. The van der Waals surface area contributed by atoms with Crippen molar-refractivity contribution in [3.8, 4) is 0 Å². The number of anilines is 3. The zero-order valence-electron chi connectivity index (χ0n) is 15.6. The fourth-order valence-corrected chi connectivity index (χ4v) is 3.71. The molecule has 2 aliphatic rings. The number of nitrogens with one attached hydrogen (secondary N) is 1. The summed E-state index contributed by atoms with van der Waals surface area (Å²) in [4.78, 5) is 38.2. The van der Waals surface area contributed by atoms with Crippen LogP contribution in [0.3, 0.4) is 0 Å². The number of rotatable bonds is 4. The summed E-state index contributed by atoms with van der Waals surface area (Å²) in [5.41, 5.74) is 1.32. The zero-order valence-corrected chi connectivity index (χ0v) is 15.6. The average Bonchev–Trinajstić information content (AvgIpc) is 3.06. The minimum Gasteiger partial charge on any atom is -0.366 e. The van der Waals surface area contributed by atoms with Gasteiger partial charge in [0.05, 0.1) is 11.7 Å². The second-order valence-corrected chi connectivity index (χ2v) is 7.46. The molecule has 140 valence electrons. The van der Waals surface area contributed by atoms with E-state index in [0.717, 1.165) is 25.2 Å². The van der Waals surface area contributed by atoms with Gasteiger partial charge in [-0.05, 0) is 36.6 Å². The maximum absolute atomic E-state index is 13.0. The van der Waals surface area contributed by atoms with E-state index in [9.17, 15) is 9.59 Å². The van der Waals surface area contributed by atoms with Crippen LogP contribution in [-0.4, -0.2) is 40.9 Å². The Morgan fingerprint density at radius 1 is 1.26 bits per heavy atom. The fourth-order valence-electron chi connectivity index (χ4n) is 3.71. The first-order valence-electron chi connectivity index (χ1n) is 9.33. The van der Waals surface area contributed by atoms with Crippen LogP contribution < -0.4 is 15.1 Å². The maximum Gasteiger partial charge on any atom is 0.329 e. The monoisotopic (exact) mass is 365 g/mol. The lowest BCUT2D eigenvalue weighted by Crippen LogP contribution is -2.48. The van der Waals surface area contributed by atoms with Crippen LogP contribution in [-0.2, 0) is 0 Å². The number of Topliss-reactive ketones (excluding diaryl/α,β-unsaturated/α-hetero) is 1. The Hall–Kier alpha value is -2.96. The predicted octanol–water partition coefficient (Wildman–Crippen LogP) is 3.34. The number of fused-ring (bicyclic) bond motifs is 4. The smallest absolute Gasteiger partial charge is 0.329 e. The first-order valence-corrected chi connectivity index (χ1v) is 9.33. The molecule has 4 rings (SSSR count). The van der Waals surface area contributed by atoms with Crippen molar-refractivity contribution in [1.82, 2.24) is 9.97 Å². The Bertz CT molecular complexity index is 868. The number of amides is 2. The lowest BCUT2D eigenvalue weighted by Gasteiger charge is -2.35. The van der Waals surface area contributed by atoms with Crippen LogP contribution >= 0.6 is 0 Å². The first-order chi connectivity index (χ1) is 13.0. The molecule has 2 bridgehead atoms. The first kappa shape index (κ1) is 17.5. The molecule has 4 heterocycles. The molecule has 27 heavy (non-hydrogen) atoms. The van der Waals surface area contributed by atoms with E-state index in [0.29, 0.717) is 23.8 Å². The molecule has 7 heteroatoms. The van der Waals surface area contributed by atoms with Crippen LogP contribution in [0.15, 0.2) is 36.5 Å². The number of aromatic nitrogens is 2. The summed E-state index contributed by atoms with van der Waals surface area (Å²) in [6, 6.07) is 8.85. The molecule has 0 radical (unpaired) electrons. The van der Waals surface area contributed by atoms with Crippen molar-refractivity contribution in [1.29, 1.82) is 0 Å². The van der Waals surface area contributed by atoms with E-state index in [1.165, 1.54) is 0 Å². The summed E-state index contributed by atoms with van der Waals surface area (Å²) in [5, 5.41) is 2.85. The molecule has 1 saturated heterocycles. The summed E-state index contributed by atoms with van der Waals surface area (Å²) < 4.78 is 0. The standard InChI is InChI=1S/C20H23N5O2/c1-13(2)11-17(26)15-6-7-16-19(22-15)25(14-8-10-24(16)12-14)20(27)23-18-5-3-4-9-21-18/h3-7,9,13-14H,8,10-12H2,1-2H3,(H,21,23,27)/t14-/m0/s1. The summed E-state index contributed by atoms with van der Waals surface area (Å²) in [6.07, 6.45) is 2.96. The topological polar surface area (TPSA) is 78.4 Å². The number of carbonyl (C=O) groups excluding carboxylic acids is 2. The fraction of sp³-hybridized carbons (Fsp3) is 0.400. The summed E-state index contributed by atoms with van der Waals surface area (Å²) in [6.45, 7) is 5.68. The van der Waals surface area contributed by atoms with Gasteiger partial charge in [0, 0.05) is 25.7 Å². The molecule has 2 amide bonds. The van der Waals surface area contributed by atoms with Gasteiger partial charge in [0.15, 0.2) is 11.6 Å². The minimum absolute atomic E-state index is 0.00537. The summed E-state index contributed by atoms with van der Waals surface area (Å²) in [7, 11) is 0. The van der Waals surface area contributed by atoms with Crippen molar-refractivity contribution in [3.63, 3.8) is 0 Å². The van der Waals surface area contributed by atoms with Crippen molar-refractivity contribution >= 4 is 29.1 Å². The molecule has 1 N–H and O–H groups in total. The van der Waals surface area contributed by atoms with E-state index < -0.39 is 0 Å². The van der Waals surface area contributed by atoms with Gasteiger partial charge in [0.25, 0.3) is 0 Å². The molecule has 0 saturated carbocycles. The van der Waals surface area contributed by atoms with Crippen LogP contribution in [0.1, 0.15) is 37.2 Å². The van der Waals surface area contributed by atoms with Gasteiger partial charge < -0.3 is 4.90 Å². The molecule has 0 aromatic carbocycles. The average molecular weight is 365 g/mol. The molecule has 0 spiro atoms. The quantitative estimate of drug-likeness (QED) is 0.841. The van der Waals surface area contributed by atoms with Crippen molar-refractivity contribution in [2.45, 2.75) is 32.7 Å². The lowest BCUT2D eigenvalue weighted by molar-refractivity contribution is 0.0963. The molecular weight excluding hydrogens is 342 g/mol. The van der Waals surface area contributed by atoms with E-state index in [2.05, 4.69) is 20.2 Å². The maximum atomic E-state index is 13.0. The lowest BCUT2D eigenvalue weighted by atomic mass is 10.0. The van der Waals surface area contributed by atoms with E-state index in [1.807, 2.05) is 26.0 Å². The highest BCUT2D eigenvalue weighted by molar-refractivity contribution is 6.05. The van der Waals surface area contributed by atoms with Crippen molar-refractivity contribution in [2.24, 2.45) is 5.92 Å². The number of carbonyl (C=O) groups is 2. The van der Waals surface area contributed by atoms with E-state index in [1.54, 1.807) is 29.3 Å². The van der Waals surface area contributed by atoms with E-state index in [4.69, 9.17) is 0 Å². The second-order valence-electron chi connectivity index (χ2n) is 7.46. The number of hydrogen-bond donors (Lipinski definition) is 1. The zero-order chi connectivity index (χ0) is 19.0. The van der Waals surface area contributed by atoms with E-state index in [-0.39, 0.29) is 23.8 Å². The van der Waals surface area contributed by atoms with Gasteiger partial charge in [0.1, 0.15) is 11.5 Å². The molecule has 2 aromatic rings. The van der Waals surface area contributed by atoms with Gasteiger partial charge in [-0.2, -0.15) is 0 Å². The van der Waals surface area contributed by atoms with Crippen LogP contribution in [0.4, 0.5) is 22.1 Å². The Morgan fingerprint density at radius 3 is 2.85 bits per heavy atom. The summed E-state index contributed by atoms with van der Waals surface area (Å²) in [5.74, 6) is 1.33. The Balaban J connectivity index is 1.67. The molecule has 1 atom stereocenters. The van der Waals surface area contributed by atoms with E-state index >= 15 is 0 Å². The second kappa shape index (κ2) is 6.98. The number of ketones is 1. The Labute approximate surface area is 158 Å². The molecule has 0 unspecified atom stereocenters. The van der Waals surface area contributed by atoms with Crippen LogP contribution in [0.2, 0.25) is 0 Å². The highest BCUT2D eigenvalue weighted by atomic mass is 16.2. The van der Waals surface area contributed by atoms with Crippen molar-refractivity contribution in [3.05, 3.63) is 42.2 Å². The largest absolute Gasteiger partial charge is 0.366 e. The molecule has 2 aromatic heterocycles. The molecule has 0 aliphatic carbocycles. The van der Waals surface area contributed by atoms with Gasteiger partial charge >= 0.3 is 6.03 Å². The van der Waals surface area contributed by atoms with Gasteiger partial charge in [-0.25, -0.2) is 14.8 Å². The number of pyridine rings is 2. The van der Waals surface area contributed by atoms with Gasteiger partial charge in [-0.15, -0.1) is 0 Å². The van der Waals surface area contributed by atoms with Gasteiger partial charge in [-0.3, -0.25) is 15.0 Å². The number of urea groups is 1. The minimum atomic E-state index is -0.262. The molecular formula is C20H23N5O2. The SMILES string of the molecule is CC(C)CC(=O)c1ccc2c(n1)N(C(=O)Nc1ccccn1)[C@H]1CCN2C1. The highest BCUT2D eigenvalue weighted by Gasteiger charge is 2.40. The molecule has 2 aliphatic heterocycles. The molecule has 7 nitrogen and oxygen atoms in total. The number of hydrogen-bond acceptors (Lipinski definition) is 5. The third-order valence-electron chi connectivity index (χ3n) is 4.95. The number of nitrogens with zero attached hydrogens (tertiary/aromatic N) is 4.